The van der Waals surface area contributed by atoms with E-state index in [4.69, 9.17) is 10.5 Å². The fourth-order valence-electron chi connectivity index (χ4n) is 1.80. The molecule has 1 atom stereocenters. The minimum atomic E-state index is -1.18. The van der Waals surface area contributed by atoms with Crippen LogP contribution in [0.15, 0.2) is 59.8 Å². The molecule has 4 nitrogen and oxygen atoms in total. The van der Waals surface area contributed by atoms with Crippen molar-refractivity contribution in [3.63, 3.8) is 0 Å². The van der Waals surface area contributed by atoms with Crippen molar-refractivity contribution in [2.75, 3.05) is 12.9 Å². The van der Waals surface area contributed by atoms with Crippen LogP contribution in [0, 0.1) is 0 Å². The molecule has 1 unspecified atom stereocenters. The Morgan fingerprint density at radius 3 is 2.55 bits per heavy atom. The summed E-state index contributed by atoms with van der Waals surface area (Å²) in [4.78, 5) is 16.3. The van der Waals surface area contributed by atoms with Gasteiger partial charge in [0.2, 0.25) is 0 Å². The van der Waals surface area contributed by atoms with E-state index < -0.39 is 11.5 Å². The first kappa shape index (κ1) is 14.6. The van der Waals surface area contributed by atoms with Crippen molar-refractivity contribution in [1.29, 1.82) is 0 Å². The van der Waals surface area contributed by atoms with Gasteiger partial charge < -0.3 is 10.5 Å². The monoisotopic (exact) mass is 288 g/mol. The van der Waals surface area contributed by atoms with E-state index in [1.807, 2.05) is 48.5 Å². The lowest BCUT2D eigenvalue weighted by molar-refractivity contribution is -0.146. The van der Waals surface area contributed by atoms with Gasteiger partial charge in [-0.3, -0.25) is 0 Å². The highest BCUT2D eigenvalue weighted by Gasteiger charge is 2.37. The number of carbonyl (C=O) groups excluding carboxylic acids is 1. The van der Waals surface area contributed by atoms with Crippen molar-refractivity contribution in [3.05, 3.63) is 60.3 Å². The van der Waals surface area contributed by atoms with Gasteiger partial charge >= 0.3 is 5.97 Å². The third kappa shape index (κ3) is 3.18. The second-order valence-corrected chi connectivity index (χ2v) is 5.28. The second-order valence-electron chi connectivity index (χ2n) is 4.29. The number of nitrogens with two attached hydrogens (primary N) is 1. The minimum Gasteiger partial charge on any atom is -0.467 e. The average molecular weight is 288 g/mol. The number of aromatic nitrogens is 1. The molecule has 2 N–H and O–H groups in total. The Morgan fingerprint density at radius 2 is 1.95 bits per heavy atom. The summed E-state index contributed by atoms with van der Waals surface area (Å²) in [5, 5.41) is 0.821. The van der Waals surface area contributed by atoms with Crippen molar-refractivity contribution < 1.29 is 9.53 Å². The zero-order valence-corrected chi connectivity index (χ0v) is 12.0. The minimum absolute atomic E-state index is 0.362. The summed E-state index contributed by atoms with van der Waals surface area (Å²) in [6.45, 7) is 0. The summed E-state index contributed by atoms with van der Waals surface area (Å²) >= 11 is 1.43. The van der Waals surface area contributed by atoms with Gasteiger partial charge in [-0.25, -0.2) is 9.78 Å². The van der Waals surface area contributed by atoms with Gasteiger partial charge in [0.1, 0.15) is 5.54 Å². The Balaban J connectivity index is 2.22. The number of rotatable bonds is 5. The van der Waals surface area contributed by atoms with Crippen LogP contribution in [-0.4, -0.2) is 23.8 Å². The van der Waals surface area contributed by atoms with Gasteiger partial charge in [0.25, 0.3) is 0 Å². The van der Waals surface area contributed by atoms with E-state index in [0.29, 0.717) is 5.75 Å². The first-order valence-corrected chi connectivity index (χ1v) is 7.12. The highest BCUT2D eigenvalue weighted by atomic mass is 32.2. The van der Waals surface area contributed by atoms with Crippen LogP contribution in [0.2, 0.25) is 0 Å². The fourth-order valence-corrected chi connectivity index (χ4v) is 2.77. The maximum Gasteiger partial charge on any atom is 0.331 e. The Hall–Kier alpha value is -1.85. The summed E-state index contributed by atoms with van der Waals surface area (Å²) in [5.74, 6) is -0.0899. The van der Waals surface area contributed by atoms with Gasteiger partial charge in [0.05, 0.1) is 12.1 Å². The third-order valence-electron chi connectivity index (χ3n) is 2.92. The van der Waals surface area contributed by atoms with E-state index >= 15 is 0 Å². The van der Waals surface area contributed by atoms with Gasteiger partial charge in [-0.15, -0.1) is 11.8 Å². The Kier molecular flexibility index (Phi) is 4.76. The highest BCUT2D eigenvalue weighted by Crippen LogP contribution is 2.27. The molecule has 104 valence electrons. The molecule has 20 heavy (non-hydrogen) atoms. The summed E-state index contributed by atoms with van der Waals surface area (Å²) in [5.41, 5.74) is 5.85. The topological polar surface area (TPSA) is 65.2 Å². The summed E-state index contributed by atoms with van der Waals surface area (Å²) in [6, 6.07) is 14.9. The van der Waals surface area contributed by atoms with Crippen LogP contribution >= 0.6 is 11.8 Å². The summed E-state index contributed by atoms with van der Waals surface area (Å²) < 4.78 is 4.86. The number of ether oxygens (including phenoxy) is 1. The van der Waals surface area contributed by atoms with Gasteiger partial charge in [0, 0.05) is 11.9 Å². The van der Waals surface area contributed by atoms with E-state index in [2.05, 4.69) is 4.98 Å². The average Bonchev–Trinajstić information content (AvgIpc) is 2.53. The van der Waals surface area contributed by atoms with Crippen molar-refractivity contribution in [2.24, 2.45) is 5.73 Å². The standard InChI is InChI=1S/C15H16N2O2S/c1-19-14(18)15(16,12-7-3-2-4-8-12)11-20-13-9-5-6-10-17-13/h2-10H,11,16H2,1H3. The van der Waals surface area contributed by atoms with E-state index in [0.717, 1.165) is 10.6 Å². The van der Waals surface area contributed by atoms with Crippen LogP contribution in [0.5, 0.6) is 0 Å². The molecule has 2 aromatic rings. The van der Waals surface area contributed by atoms with Gasteiger partial charge in [-0.1, -0.05) is 36.4 Å². The van der Waals surface area contributed by atoms with Crippen molar-refractivity contribution in [3.8, 4) is 0 Å². The predicted molar refractivity (Wildman–Crippen MR) is 79.3 cm³/mol. The highest BCUT2D eigenvalue weighted by molar-refractivity contribution is 7.99. The molecular formula is C15H16N2O2S. The molecule has 0 spiro atoms. The summed E-state index contributed by atoms with van der Waals surface area (Å²) in [7, 11) is 1.35. The lowest BCUT2D eigenvalue weighted by Gasteiger charge is -2.26. The molecule has 1 aromatic carbocycles. The zero-order chi connectivity index (χ0) is 14.4. The van der Waals surface area contributed by atoms with Gasteiger partial charge in [0.15, 0.2) is 0 Å². The molecule has 0 saturated heterocycles. The van der Waals surface area contributed by atoms with Gasteiger partial charge in [-0.05, 0) is 17.7 Å². The number of methoxy groups -OCH3 is 1. The van der Waals surface area contributed by atoms with Crippen LogP contribution in [0.25, 0.3) is 0 Å². The Labute approximate surface area is 122 Å². The van der Waals surface area contributed by atoms with Crippen LogP contribution in [0.3, 0.4) is 0 Å². The number of esters is 1. The number of thioether (sulfide) groups is 1. The molecule has 0 radical (unpaired) electrons. The zero-order valence-electron chi connectivity index (χ0n) is 11.2. The van der Waals surface area contributed by atoms with Crippen molar-refractivity contribution >= 4 is 17.7 Å². The first-order valence-electron chi connectivity index (χ1n) is 6.13. The molecular weight excluding hydrogens is 272 g/mol. The second kappa shape index (κ2) is 6.54. The molecule has 0 aliphatic rings. The number of nitrogens with zero attached hydrogens (tertiary/aromatic N) is 1. The van der Waals surface area contributed by atoms with Crippen LogP contribution < -0.4 is 5.73 Å². The normalized spacial score (nSPS) is 13.5. The predicted octanol–water partition coefficient (Wildman–Crippen LogP) is 2.20. The van der Waals surface area contributed by atoms with E-state index in [1.54, 1.807) is 6.20 Å². The molecule has 5 heteroatoms. The Bertz CT molecular complexity index is 563. The summed E-state index contributed by atoms with van der Waals surface area (Å²) in [6.07, 6.45) is 1.71. The van der Waals surface area contributed by atoms with Gasteiger partial charge in [-0.2, -0.15) is 0 Å². The third-order valence-corrected chi connectivity index (χ3v) is 4.06. The molecule has 0 aliphatic carbocycles. The van der Waals surface area contributed by atoms with Crippen LogP contribution in [-0.2, 0) is 15.1 Å². The molecule has 0 bridgehead atoms. The van der Waals surface area contributed by atoms with Crippen molar-refractivity contribution in [2.45, 2.75) is 10.6 Å². The SMILES string of the molecule is COC(=O)C(N)(CSc1ccccn1)c1ccccc1. The number of carbonyl (C=O) groups is 1. The molecule has 1 aromatic heterocycles. The quantitative estimate of drug-likeness (QED) is 0.675. The maximum atomic E-state index is 12.1. The molecule has 0 amide bonds. The molecule has 0 aliphatic heterocycles. The van der Waals surface area contributed by atoms with E-state index in [1.165, 1.54) is 18.9 Å². The smallest absolute Gasteiger partial charge is 0.331 e. The van der Waals surface area contributed by atoms with E-state index in [-0.39, 0.29) is 0 Å². The molecule has 0 fully saturated rings. The molecule has 0 saturated carbocycles. The lowest BCUT2D eigenvalue weighted by Crippen LogP contribution is -2.48. The van der Waals surface area contributed by atoms with Crippen LogP contribution in [0.1, 0.15) is 5.56 Å². The molecule has 2 rings (SSSR count). The first-order chi connectivity index (χ1) is 9.66. The van der Waals surface area contributed by atoms with E-state index in [9.17, 15) is 4.79 Å². The number of benzene rings is 1. The number of hydrogen-bond donors (Lipinski definition) is 1. The number of pyridine rings is 1. The fraction of sp³-hybridized carbons (Fsp3) is 0.200. The van der Waals surface area contributed by atoms with Crippen molar-refractivity contribution in [1.82, 2.24) is 4.98 Å². The molecule has 1 heterocycles. The lowest BCUT2D eigenvalue weighted by atomic mass is 9.93. The van der Waals surface area contributed by atoms with Crippen LogP contribution in [0.4, 0.5) is 0 Å². The number of hydrogen-bond acceptors (Lipinski definition) is 5. The Morgan fingerprint density at radius 1 is 1.25 bits per heavy atom. The maximum absolute atomic E-state index is 12.1. The largest absolute Gasteiger partial charge is 0.467 e.